The number of carbonyl (C=O) groups is 2. The van der Waals surface area contributed by atoms with Crippen LogP contribution < -0.4 is 11.1 Å². The number of hydrogen-bond acceptors (Lipinski definition) is 6. The third-order valence-electron chi connectivity index (χ3n) is 6.36. The van der Waals surface area contributed by atoms with Gasteiger partial charge in [0.05, 0.1) is 30.5 Å². The van der Waals surface area contributed by atoms with Gasteiger partial charge in [-0.2, -0.15) is 5.10 Å². The lowest BCUT2D eigenvalue weighted by Crippen LogP contribution is -2.61. The van der Waals surface area contributed by atoms with E-state index >= 15 is 0 Å². The summed E-state index contributed by atoms with van der Waals surface area (Å²) in [5.74, 6) is -2.69. The van der Waals surface area contributed by atoms with Crippen LogP contribution in [0.2, 0.25) is 0 Å². The zero-order valence-electron chi connectivity index (χ0n) is 20.3. The Morgan fingerprint density at radius 3 is 2.49 bits per heavy atom. The van der Waals surface area contributed by atoms with Gasteiger partial charge in [0, 0.05) is 18.0 Å². The molecule has 0 spiro atoms. The van der Waals surface area contributed by atoms with Gasteiger partial charge in [-0.3, -0.25) is 9.59 Å². The highest BCUT2D eigenvalue weighted by Crippen LogP contribution is 2.27. The monoisotopic (exact) mass is 497 g/mol. The van der Waals surface area contributed by atoms with Gasteiger partial charge < -0.3 is 20.5 Å². The molecule has 1 unspecified atom stereocenters. The van der Waals surface area contributed by atoms with Gasteiger partial charge in [0.1, 0.15) is 0 Å². The van der Waals surface area contributed by atoms with Crippen LogP contribution in [0.15, 0.2) is 85.2 Å². The Kier molecular flexibility index (Phi) is 6.80. The predicted molar refractivity (Wildman–Crippen MR) is 137 cm³/mol. The molecule has 0 bridgehead atoms. The highest BCUT2D eigenvalue weighted by molar-refractivity contribution is 5.98. The minimum atomic E-state index is -1.78. The van der Waals surface area contributed by atoms with Crippen LogP contribution in [0.25, 0.3) is 17.1 Å². The topological polar surface area (TPSA) is 121 Å². The number of aryl methyl sites for hydroxylation is 1. The molecule has 3 heterocycles. The molecule has 0 radical (unpaired) electrons. The number of benzene rings is 2. The summed E-state index contributed by atoms with van der Waals surface area (Å²) in [6, 6.07) is 21.7. The van der Waals surface area contributed by atoms with Crippen LogP contribution in [-0.2, 0) is 20.7 Å². The Labute approximate surface area is 214 Å². The zero-order valence-corrected chi connectivity index (χ0v) is 20.3. The molecule has 5 rings (SSSR count). The molecule has 2 amide bonds. The van der Waals surface area contributed by atoms with Crippen LogP contribution in [0, 0.1) is 6.92 Å². The average molecular weight is 498 g/mol. The minimum Gasteiger partial charge on any atom is -0.365 e. The lowest BCUT2D eigenvalue weighted by molar-refractivity contribution is -0.189. The number of aromatic nitrogens is 3. The van der Waals surface area contributed by atoms with Crippen LogP contribution in [0.3, 0.4) is 0 Å². The number of hydrogen-bond donors (Lipinski definition) is 2. The van der Waals surface area contributed by atoms with Crippen molar-refractivity contribution >= 4 is 11.8 Å². The first-order valence-corrected chi connectivity index (χ1v) is 12.0. The van der Waals surface area contributed by atoms with Crippen LogP contribution in [0.4, 0.5) is 0 Å². The van der Waals surface area contributed by atoms with Crippen LogP contribution in [0.5, 0.6) is 0 Å². The summed E-state index contributed by atoms with van der Waals surface area (Å²) in [6.45, 7) is 2.40. The number of carbonyl (C=O) groups excluding carboxylic acids is 2. The Balaban J connectivity index is 1.47. The van der Waals surface area contributed by atoms with Gasteiger partial charge in [-0.25, -0.2) is 9.67 Å². The van der Waals surface area contributed by atoms with Gasteiger partial charge in [-0.15, -0.1) is 0 Å². The molecule has 1 atom stereocenters. The maximum atomic E-state index is 13.6. The first-order valence-electron chi connectivity index (χ1n) is 12.0. The molecule has 2 aromatic heterocycles. The number of primary amides is 1. The Bertz CT molecular complexity index is 1410. The molecular weight excluding hydrogens is 470 g/mol. The normalized spacial score (nSPS) is 15.3. The number of nitrogens with one attached hydrogen (secondary N) is 1. The summed E-state index contributed by atoms with van der Waals surface area (Å²) in [4.78, 5) is 30.6. The van der Waals surface area contributed by atoms with Gasteiger partial charge in [0.15, 0.2) is 5.82 Å². The van der Waals surface area contributed by atoms with E-state index in [4.69, 9.17) is 15.2 Å². The number of ether oxygens (including phenoxy) is 2. The molecule has 1 aliphatic rings. The van der Waals surface area contributed by atoms with Crippen molar-refractivity contribution in [3.63, 3.8) is 0 Å². The van der Waals surface area contributed by atoms with Gasteiger partial charge in [-0.05, 0) is 42.7 Å². The molecule has 2 aromatic carbocycles. The minimum absolute atomic E-state index is 0.192. The molecule has 0 saturated carbocycles. The molecule has 0 aliphatic carbocycles. The molecule has 1 saturated heterocycles. The van der Waals surface area contributed by atoms with Crippen LogP contribution >= 0.6 is 0 Å². The van der Waals surface area contributed by atoms with E-state index in [1.807, 2.05) is 67.6 Å². The predicted octanol–water partition coefficient (Wildman–Crippen LogP) is 2.81. The Morgan fingerprint density at radius 2 is 1.76 bits per heavy atom. The molecule has 9 heteroatoms. The van der Waals surface area contributed by atoms with E-state index in [9.17, 15) is 9.59 Å². The fraction of sp³-hybridized carbons (Fsp3) is 0.214. The van der Waals surface area contributed by atoms with Gasteiger partial charge >= 0.3 is 0 Å². The quantitative estimate of drug-likeness (QED) is 0.386. The standard InChI is InChI=1S/C28H27N5O4/c1-19-8-5-6-11-21(19)23-13-15-33(32-23)25-22(12-7-14-30-25)26(34)31-24(18-20-9-3-2-4-10-20)28(27(29)35)36-16-17-37-28/h2-15,24H,16-18H2,1H3,(H2,29,35)(H,31,34). The smallest absolute Gasteiger partial charge is 0.280 e. The second-order valence-electron chi connectivity index (χ2n) is 8.78. The van der Waals surface area contributed by atoms with Crippen molar-refractivity contribution in [2.75, 3.05) is 13.2 Å². The maximum Gasteiger partial charge on any atom is 0.280 e. The number of nitrogens with zero attached hydrogens (tertiary/aromatic N) is 3. The second kappa shape index (κ2) is 10.3. The van der Waals surface area contributed by atoms with Crippen molar-refractivity contribution in [1.82, 2.24) is 20.1 Å². The molecule has 1 fully saturated rings. The molecule has 9 nitrogen and oxygen atoms in total. The molecule has 1 aliphatic heterocycles. The molecule has 3 N–H and O–H groups in total. The van der Waals surface area contributed by atoms with Gasteiger partial charge in [0.25, 0.3) is 17.6 Å². The van der Waals surface area contributed by atoms with Crippen LogP contribution in [0.1, 0.15) is 21.5 Å². The van der Waals surface area contributed by atoms with Crippen molar-refractivity contribution < 1.29 is 19.1 Å². The van der Waals surface area contributed by atoms with Crippen molar-refractivity contribution in [2.45, 2.75) is 25.2 Å². The van der Waals surface area contributed by atoms with E-state index < -0.39 is 23.6 Å². The van der Waals surface area contributed by atoms with Crippen molar-refractivity contribution in [3.8, 4) is 17.1 Å². The summed E-state index contributed by atoms with van der Waals surface area (Å²) in [7, 11) is 0. The number of amides is 2. The first kappa shape index (κ1) is 24.4. The lowest BCUT2D eigenvalue weighted by atomic mass is 9.97. The molecule has 188 valence electrons. The van der Waals surface area contributed by atoms with E-state index in [0.717, 1.165) is 22.4 Å². The number of pyridine rings is 1. The SMILES string of the molecule is Cc1ccccc1-c1ccn(-c2ncccc2C(=O)NC(Cc2ccccc2)C2(C(N)=O)OCCO2)n1. The van der Waals surface area contributed by atoms with Crippen molar-refractivity contribution in [1.29, 1.82) is 0 Å². The number of nitrogens with two attached hydrogens (primary N) is 1. The van der Waals surface area contributed by atoms with E-state index in [-0.39, 0.29) is 25.2 Å². The summed E-state index contributed by atoms with van der Waals surface area (Å²) in [5.41, 5.74) is 9.72. The molecule has 37 heavy (non-hydrogen) atoms. The van der Waals surface area contributed by atoms with E-state index in [0.29, 0.717) is 5.82 Å². The highest BCUT2D eigenvalue weighted by Gasteiger charge is 2.51. The summed E-state index contributed by atoms with van der Waals surface area (Å²) in [5, 5.41) is 7.60. The first-order chi connectivity index (χ1) is 18.0. The lowest BCUT2D eigenvalue weighted by Gasteiger charge is -2.33. The summed E-state index contributed by atoms with van der Waals surface area (Å²) in [6.07, 6.45) is 3.62. The van der Waals surface area contributed by atoms with E-state index in [1.54, 1.807) is 29.2 Å². The van der Waals surface area contributed by atoms with Crippen molar-refractivity contribution in [3.05, 3.63) is 102 Å². The third kappa shape index (κ3) is 4.87. The molecular formula is C28H27N5O4. The third-order valence-corrected chi connectivity index (χ3v) is 6.36. The maximum absolute atomic E-state index is 13.6. The van der Waals surface area contributed by atoms with Gasteiger partial charge in [-0.1, -0.05) is 54.6 Å². The second-order valence-corrected chi connectivity index (χ2v) is 8.78. The van der Waals surface area contributed by atoms with Crippen LogP contribution in [-0.4, -0.2) is 51.6 Å². The number of rotatable bonds is 8. The highest BCUT2D eigenvalue weighted by atomic mass is 16.7. The Hall–Kier alpha value is -4.34. The Morgan fingerprint density at radius 1 is 1.03 bits per heavy atom. The fourth-order valence-corrected chi connectivity index (χ4v) is 4.51. The summed E-state index contributed by atoms with van der Waals surface area (Å²) >= 11 is 0. The largest absolute Gasteiger partial charge is 0.365 e. The summed E-state index contributed by atoms with van der Waals surface area (Å²) < 4.78 is 13.0. The molecule has 4 aromatic rings. The van der Waals surface area contributed by atoms with Crippen molar-refractivity contribution in [2.24, 2.45) is 5.73 Å². The van der Waals surface area contributed by atoms with E-state index in [2.05, 4.69) is 15.4 Å². The fourth-order valence-electron chi connectivity index (χ4n) is 4.51. The average Bonchev–Trinajstić information content (AvgIpc) is 3.60. The zero-order chi connectivity index (χ0) is 25.8. The van der Waals surface area contributed by atoms with Gasteiger partial charge in [0.2, 0.25) is 0 Å². The van der Waals surface area contributed by atoms with E-state index in [1.165, 1.54) is 0 Å².